The van der Waals surface area contributed by atoms with E-state index in [2.05, 4.69) is 10.6 Å². The van der Waals surface area contributed by atoms with E-state index in [9.17, 15) is 9.59 Å². The lowest BCUT2D eigenvalue weighted by atomic mass is 9.83. The van der Waals surface area contributed by atoms with Crippen LogP contribution in [0.25, 0.3) is 0 Å². The third-order valence-corrected chi connectivity index (χ3v) is 6.41. The number of fused-ring (bicyclic) bond motifs is 4. The maximum atomic E-state index is 12.3. The first-order valence-corrected chi connectivity index (χ1v) is 10.9. The van der Waals surface area contributed by atoms with Crippen LogP contribution < -0.4 is 16.2 Å². The van der Waals surface area contributed by atoms with E-state index in [1.165, 1.54) is 12.3 Å². The van der Waals surface area contributed by atoms with Crippen LogP contribution in [0.3, 0.4) is 0 Å². The van der Waals surface area contributed by atoms with E-state index in [0.29, 0.717) is 24.7 Å². The van der Waals surface area contributed by atoms with Gasteiger partial charge in [-0.15, -0.1) is 0 Å². The van der Waals surface area contributed by atoms with Crippen LogP contribution in [0.1, 0.15) is 28.6 Å². The molecule has 3 atom stereocenters. The first-order valence-electron chi connectivity index (χ1n) is 9.38. The summed E-state index contributed by atoms with van der Waals surface area (Å²) in [5.41, 5.74) is 1.03. The number of nitrogens with zero attached hydrogens (tertiary/aromatic N) is 2. The van der Waals surface area contributed by atoms with Crippen molar-refractivity contribution in [1.82, 2.24) is 20.1 Å². The van der Waals surface area contributed by atoms with Gasteiger partial charge in [-0.05, 0) is 42.8 Å². The van der Waals surface area contributed by atoms with Crippen molar-refractivity contribution in [2.75, 3.05) is 13.1 Å². The van der Waals surface area contributed by atoms with Crippen LogP contribution in [0, 0.1) is 5.92 Å². The third kappa shape index (κ3) is 4.46. The Morgan fingerprint density at radius 3 is 2.67 bits per heavy atom. The molecule has 30 heavy (non-hydrogen) atoms. The highest BCUT2D eigenvalue weighted by molar-refractivity contribution is 7.80. The highest BCUT2D eigenvalue weighted by Crippen LogP contribution is 2.35. The Morgan fingerprint density at radius 1 is 1.17 bits per heavy atom. The molecule has 1 unspecified atom stereocenters. The van der Waals surface area contributed by atoms with Gasteiger partial charge in [0.05, 0.1) is 6.26 Å². The van der Waals surface area contributed by atoms with Crippen molar-refractivity contribution < 1.29 is 9.21 Å². The predicted molar refractivity (Wildman–Crippen MR) is 119 cm³/mol. The molecule has 2 aromatic heterocycles. The van der Waals surface area contributed by atoms with E-state index < -0.39 is 15.9 Å². The molecule has 0 saturated carbocycles. The Kier molecular flexibility index (Phi) is 6.03. The van der Waals surface area contributed by atoms with Gasteiger partial charge in [0, 0.05) is 37.3 Å². The fraction of sp³-hybridized carbons (Fsp3) is 0.421. The monoisotopic (exact) mass is 488 g/mol. The molecule has 2 aromatic rings. The van der Waals surface area contributed by atoms with Crippen molar-refractivity contribution in [2.45, 2.75) is 28.8 Å². The Hall–Kier alpha value is -1.74. The Morgan fingerprint density at radius 2 is 1.97 bits per heavy atom. The lowest BCUT2D eigenvalue weighted by Crippen LogP contribution is -2.60. The summed E-state index contributed by atoms with van der Waals surface area (Å²) in [6.45, 7) is 1.94. The number of hydrogen-bond donors (Lipinski definition) is 2. The first-order chi connectivity index (χ1) is 14.2. The zero-order valence-corrected chi connectivity index (χ0v) is 18.8. The van der Waals surface area contributed by atoms with Crippen molar-refractivity contribution >= 4 is 58.0 Å². The highest BCUT2D eigenvalue weighted by Gasteiger charge is 2.39. The number of likely N-dealkylation sites (tertiary alicyclic amines) is 1. The number of hydrogen-bond acceptors (Lipinski definition) is 4. The molecule has 0 spiro atoms. The smallest absolute Gasteiger partial charge is 0.288 e. The maximum absolute atomic E-state index is 12.3. The topological polar surface area (TPSA) is 79.5 Å². The van der Waals surface area contributed by atoms with Crippen LogP contribution >= 0.6 is 47.0 Å². The van der Waals surface area contributed by atoms with Crippen molar-refractivity contribution in [3.8, 4) is 0 Å². The zero-order valence-electron chi connectivity index (χ0n) is 15.7. The summed E-state index contributed by atoms with van der Waals surface area (Å²) >= 11 is 23.8. The van der Waals surface area contributed by atoms with E-state index in [1.807, 2.05) is 15.5 Å². The van der Waals surface area contributed by atoms with Gasteiger partial charge in [-0.25, -0.2) is 0 Å². The molecule has 1 saturated heterocycles. The Balaban J connectivity index is 1.47. The second-order valence-electron chi connectivity index (χ2n) is 7.48. The van der Waals surface area contributed by atoms with Crippen LogP contribution in [0.2, 0.25) is 0 Å². The molecule has 2 aliphatic rings. The number of nitrogens with one attached hydrogen (secondary N) is 2. The van der Waals surface area contributed by atoms with Gasteiger partial charge in [-0.1, -0.05) is 40.9 Å². The minimum Gasteiger partial charge on any atom is -0.459 e. The maximum Gasteiger partial charge on any atom is 0.288 e. The largest absolute Gasteiger partial charge is 0.459 e. The van der Waals surface area contributed by atoms with Gasteiger partial charge in [0.2, 0.25) is 3.79 Å². The molecule has 1 amide bonds. The molecular weight excluding hydrogens is 471 g/mol. The molecule has 7 nitrogen and oxygen atoms in total. The number of pyridine rings is 1. The summed E-state index contributed by atoms with van der Waals surface area (Å²) in [5, 5.41) is 5.94. The van der Waals surface area contributed by atoms with E-state index in [0.717, 1.165) is 12.1 Å². The Labute approximate surface area is 193 Å². The number of rotatable bonds is 3. The fourth-order valence-corrected chi connectivity index (χ4v) is 4.68. The molecule has 0 aromatic carbocycles. The van der Waals surface area contributed by atoms with Gasteiger partial charge < -0.3 is 24.5 Å². The number of thiocarbonyl (C=S) groups is 1. The average Bonchev–Trinajstić information content (AvgIpc) is 3.22. The standard InChI is InChI=1S/C19H19Cl3N4O3S/c20-19(21,22)17(23-16(28)14-4-2-6-29-14)24-18(30)25-8-11-7-12(10-25)13-3-1-5-15(27)26(13)9-11/h1-6,11-12,17H,7-10H2,(H,23,28)(H,24,30)/t11-,12+,17?/m0/s1. The van der Waals surface area contributed by atoms with E-state index >= 15 is 0 Å². The van der Waals surface area contributed by atoms with Crippen molar-refractivity contribution in [2.24, 2.45) is 5.92 Å². The summed E-state index contributed by atoms with van der Waals surface area (Å²) in [4.78, 5) is 26.5. The van der Waals surface area contributed by atoms with Crippen LogP contribution in [-0.2, 0) is 6.54 Å². The molecular formula is C19H19Cl3N4O3S. The van der Waals surface area contributed by atoms with Gasteiger partial charge in [0.25, 0.3) is 11.5 Å². The zero-order chi connectivity index (χ0) is 21.5. The van der Waals surface area contributed by atoms with Gasteiger partial charge in [-0.3, -0.25) is 9.59 Å². The van der Waals surface area contributed by atoms with Crippen LogP contribution in [0.15, 0.2) is 45.8 Å². The molecule has 4 rings (SSSR count). The molecule has 0 aliphatic carbocycles. The van der Waals surface area contributed by atoms with Gasteiger partial charge >= 0.3 is 0 Å². The number of piperidine rings is 1. The molecule has 2 bridgehead atoms. The second kappa shape index (κ2) is 8.42. The van der Waals surface area contributed by atoms with Crippen molar-refractivity contribution in [1.29, 1.82) is 0 Å². The summed E-state index contributed by atoms with van der Waals surface area (Å²) in [5.74, 6) is 0.0158. The van der Waals surface area contributed by atoms with Crippen LogP contribution in [-0.4, -0.2) is 43.5 Å². The quantitative estimate of drug-likeness (QED) is 0.392. The van der Waals surface area contributed by atoms with Gasteiger partial charge in [-0.2, -0.15) is 0 Å². The average molecular weight is 490 g/mol. The number of alkyl halides is 3. The molecule has 1 fully saturated rings. The number of aromatic nitrogens is 1. The molecule has 11 heteroatoms. The van der Waals surface area contributed by atoms with Crippen molar-refractivity contribution in [3.63, 3.8) is 0 Å². The summed E-state index contributed by atoms with van der Waals surface area (Å²) in [7, 11) is 0. The highest BCUT2D eigenvalue weighted by atomic mass is 35.6. The number of furan rings is 1. The van der Waals surface area contributed by atoms with Crippen LogP contribution in [0.4, 0.5) is 0 Å². The lowest BCUT2D eigenvalue weighted by molar-refractivity contribution is 0.0904. The normalized spacial score (nSPS) is 21.5. The number of amides is 1. The first kappa shape index (κ1) is 21.5. The molecule has 4 heterocycles. The fourth-order valence-electron chi connectivity index (χ4n) is 4.09. The van der Waals surface area contributed by atoms with Gasteiger partial charge in [0.15, 0.2) is 10.9 Å². The minimum absolute atomic E-state index is 0.0215. The van der Waals surface area contributed by atoms with E-state index in [-0.39, 0.29) is 23.2 Å². The van der Waals surface area contributed by atoms with E-state index in [4.69, 9.17) is 51.4 Å². The number of carbonyl (C=O) groups is 1. The second-order valence-corrected chi connectivity index (χ2v) is 10.2. The molecule has 160 valence electrons. The molecule has 2 aliphatic heterocycles. The Bertz CT molecular complexity index is 1010. The SMILES string of the molecule is O=C(NC(NC(=S)N1C[C@@H]2C[C@H](C1)c1cccc(=O)n1C2)C(Cl)(Cl)Cl)c1ccco1. The van der Waals surface area contributed by atoms with Crippen LogP contribution in [0.5, 0.6) is 0 Å². The van der Waals surface area contributed by atoms with E-state index in [1.54, 1.807) is 18.2 Å². The number of halogens is 3. The van der Waals surface area contributed by atoms with Gasteiger partial charge in [0.1, 0.15) is 6.17 Å². The lowest BCUT2D eigenvalue weighted by Gasteiger charge is -2.44. The molecule has 2 N–H and O–H groups in total. The third-order valence-electron chi connectivity index (χ3n) is 5.38. The summed E-state index contributed by atoms with van der Waals surface area (Å²) in [6, 6.07) is 8.45. The summed E-state index contributed by atoms with van der Waals surface area (Å²) < 4.78 is 5.08. The minimum atomic E-state index is -1.85. The molecule has 0 radical (unpaired) electrons. The predicted octanol–water partition coefficient (Wildman–Crippen LogP) is 2.86. The number of carbonyl (C=O) groups excluding carboxylic acids is 1. The summed E-state index contributed by atoms with van der Waals surface area (Å²) in [6.07, 6.45) is 1.31. The van der Waals surface area contributed by atoms with Crippen molar-refractivity contribution in [3.05, 3.63) is 58.4 Å².